The summed E-state index contributed by atoms with van der Waals surface area (Å²) in [5.74, 6) is -0.147. The molecule has 0 aromatic heterocycles. The van der Waals surface area contributed by atoms with Gasteiger partial charge < -0.3 is 11.1 Å². The predicted molar refractivity (Wildman–Crippen MR) is 73.8 cm³/mol. The van der Waals surface area contributed by atoms with Gasteiger partial charge in [-0.2, -0.15) is 0 Å². The largest absolute Gasteiger partial charge is 0.352 e. The van der Waals surface area contributed by atoms with Crippen molar-refractivity contribution in [2.75, 3.05) is 12.8 Å². The van der Waals surface area contributed by atoms with Crippen LogP contribution in [0.15, 0.2) is 23.1 Å². The Kier molecular flexibility index (Phi) is 5.82. The van der Waals surface area contributed by atoms with Crippen LogP contribution in [0.3, 0.4) is 0 Å². The van der Waals surface area contributed by atoms with Crippen molar-refractivity contribution < 1.29 is 4.79 Å². The molecular formula is C12H17ClN2OS. The molecule has 1 rings (SSSR count). The van der Waals surface area contributed by atoms with E-state index in [9.17, 15) is 4.79 Å². The second kappa shape index (κ2) is 6.89. The topological polar surface area (TPSA) is 55.1 Å². The van der Waals surface area contributed by atoms with Gasteiger partial charge in [-0.15, -0.1) is 11.8 Å². The number of benzene rings is 1. The third kappa shape index (κ3) is 4.58. The number of amides is 1. The fourth-order valence-corrected chi connectivity index (χ4v) is 1.96. The molecule has 0 heterocycles. The summed E-state index contributed by atoms with van der Waals surface area (Å²) in [5, 5.41) is 3.28. The van der Waals surface area contributed by atoms with E-state index in [0.717, 1.165) is 11.3 Å². The maximum Gasteiger partial charge on any atom is 0.252 e. The zero-order valence-electron chi connectivity index (χ0n) is 10.00. The van der Waals surface area contributed by atoms with E-state index in [1.165, 1.54) is 0 Å². The highest BCUT2D eigenvalue weighted by Crippen LogP contribution is 2.22. The van der Waals surface area contributed by atoms with Gasteiger partial charge in [-0.25, -0.2) is 0 Å². The van der Waals surface area contributed by atoms with Crippen molar-refractivity contribution in [2.45, 2.75) is 24.3 Å². The lowest BCUT2D eigenvalue weighted by Crippen LogP contribution is -2.29. The number of nitrogens with one attached hydrogen (secondary N) is 1. The summed E-state index contributed by atoms with van der Waals surface area (Å²) in [6.07, 6.45) is 2.71. The monoisotopic (exact) mass is 272 g/mol. The van der Waals surface area contributed by atoms with Gasteiger partial charge in [0.15, 0.2) is 0 Å². The standard InChI is InChI=1S/C12H17ClN2OS/c1-8(14)5-6-15-12(16)10-7-9(17-2)3-4-11(10)13/h3-4,7-8H,5-6,14H2,1-2H3,(H,15,16). The van der Waals surface area contributed by atoms with E-state index in [2.05, 4.69) is 5.32 Å². The first-order valence-electron chi connectivity index (χ1n) is 5.42. The summed E-state index contributed by atoms with van der Waals surface area (Å²) >= 11 is 7.57. The molecule has 94 valence electrons. The third-order valence-corrected chi connectivity index (χ3v) is 3.36. The minimum Gasteiger partial charge on any atom is -0.352 e. The molecule has 0 aliphatic rings. The van der Waals surface area contributed by atoms with Gasteiger partial charge >= 0.3 is 0 Å². The van der Waals surface area contributed by atoms with Crippen LogP contribution < -0.4 is 11.1 Å². The molecule has 0 radical (unpaired) electrons. The number of rotatable bonds is 5. The summed E-state index contributed by atoms with van der Waals surface area (Å²) in [4.78, 5) is 12.9. The molecule has 0 bridgehead atoms. The lowest BCUT2D eigenvalue weighted by Gasteiger charge is -2.09. The van der Waals surface area contributed by atoms with Crippen LogP contribution in [0.1, 0.15) is 23.7 Å². The SMILES string of the molecule is CSc1ccc(Cl)c(C(=O)NCCC(C)N)c1. The summed E-state index contributed by atoms with van der Waals surface area (Å²) < 4.78 is 0. The van der Waals surface area contributed by atoms with E-state index in [-0.39, 0.29) is 11.9 Å². The molecule has 0 fully saturated rings. The molecule has 1 atom stereocenters. The number of carbonyl (C=O) groups excluding carboxylic acids is 1. The van der Waals surface area contributed by atoms with Crippen LogP contribution in [-0.4, -0.2) is 24.7 Å². The van der Waals surface area contributed by atoms with Crippen molar-refractivity contribution in [1.29, 1.82) is 0 Å². The van der Waals surface area contributed by atoms with Crippen LogP contribution >= 0.6 is 23.4 Å². The molecule has 5 heteroatoms. The van der Waals surface area contributed by atoms with Gasteiger partial charge in [0, 0.05) is 17.5 Å². The van der Waals surface area contributed by atoms with Crippen LogP contribution in [0.25, 0.3) is 0 Å². The minimum atomic E-state index is -0.147. The molecule has 3 N–H and O–H groups in total. The molecule has 0 aliphatic heterocycles. The highest BCUT2D eigenvalue weighted by atomic mass is 35.5. The van der Waals surface area contributed by atoms with Crippen molar-refractivity contribution in [2.24, 2.45) is 5.73 Å². The lowest BCUT2D eigenvalue weighted by atomic mass is 10.2. The number of nitrogens with two attached hydrogens (primary N) is 1. The van der Waals surface area contributed by atoms with E-state index in [0.29, 0.717) is 17.1 Å². The molecule has 0 saturated heterocycles. The van der Waals surface area contributed by atoms with Gasteiger partial charge in [-0.1, -0.05) is 11.6 Å². The Bertz CT molecular complexity index is 396. The first-order chi connectivity index (χ1) is 8.04. The quantitative estimate of drug-likeness (QED) is 0.810. The van der Waals surface area contributed by atoms with Gasteiger partial charge in [-0.05, 0) is 37.8 Å². The zero-order chi connectivity index (χ0) is 12.8. The summed E-state index contributed by atoms with van der Waals surface area (Å²) in [7, 11) is 0. The first kappa shape index (κ1) is 14.4. The number of halogens is 1. The number of thioether (sulfide) groups is 1. The van der Waals surface area contributed by atoms with Crippen LogP contribution in [-0.2, 0) is 0 Å². The van der Waals surface area contributed by atoms with Gasteiger partial charge in [-0.3, -0.25) is 4.79 Å². The normalized spacial score (nSPS) is 12.2. The fraction of sp³-hybridized carbons (Fsp3) is 0.417. The Morgan fingerprint density at radius 1 is 1.59 bits per heavy atom. The second-order valence-electron chi connectivity index (χ2n) is 3.87. The van der Waals surface area contributed by atoms with Gasteiger partial charge in [0.05, 0.1) is 10.6 Å². The van der Waals surface area contributed by atoms with E-state index < -0.39 is 0 Å². The Balaban J connectivity index is 2.67. The molecular weight excluding hydrogens is 256 g/mol. The Hall–Kier alpha value is -0.710. The van der Waals surface area contributed by atoms with Crippen LogP contribution in [0.5, 0.6) is 0 Å². The van der Waals surface area contributed by atoms with Gasteiger partial charge in [0.25, 0.3) is 5.91 Å². The van der Waals surface area contributed by atoms with Gasteiger partial charge in [0.1, 0.15) is 0 Å². The number of hydrogen-bond donors (Lipinski definition) is 2. The number of hydrogen-bond acceptors (Lipinski definition) is 3. The summed E-state index contributed by atoms with van der Waals surface area (Å²) in [6, 6.07) is 5.52. The average molecular weight is 273 g/mol. The minimum absolute atomic E-state index is 0.0864. The zero-order valence-corrected chi connectivity index (χ0v) is 11.6. The van der Waals surface area contributed by atoms with Crippen molar-refractivity contribution >= 4 is 29.3 Å². The summed E-state index contributed by atoms with van der Waals surface area (Å²) in [5.41, 5.74) is 6.13. The maximum absolute atomic E-state index is 11.9. The molecule has 3 nitrogen and oxygen atoms in total. The lowest BCUT2D eigenvalue weighted by molar-refractivity contribution is 0.0952. The van der Waals surface area contributed by atoms with Crippen molar-refractivity contribution in [3.63, 3.8) is 0 Å². The van der Waals surface area contributed by atoms with Crippen LogP contribution in [0, 0.1) is 0 Å². The van der Waals surface area contributed by atoms with E-state index in [4.69, 9.17) is 17.3 Å². The Labute approximate surface area is 111 Å². The molecule has 17 heavy (non-hydrogen) atoms. The molecule has 1 aromatic carbocycles. The Morgan fingerprint density at radius 3 is 2.88 bits per heavy atom. The molecule has 0 spiro atoms. The second-order valence-corrected chi connectivity index (χ2v) is 5.15. The third-order valence-electron chi connectivity index (χ3n) is 2.30. The highest BCUT2D eigenvalue weighted by molar-refractivity contribution is 7.98. The highest BCUT2D eigenvalue weighted by Gasteiger charge is 2.10. The molecule has 1 amide bonds. The van der Waals surface area contributed by atoms with E-state index in [1.54, 1.807) is 23.9 Å². The number of carbonyl (C=O) groups is 1. The maximum atomic E-state index is 11.9. The Morgan fingerprint density at radius 2 is 2.29 bits per heavy atom. The van der Waals surface area contributed by atoms with Crippen LogP contribution in [0.2, 0.25) is 5.02 Å². The predicted octanol–water partition coefficient (Wildman–Crippen LogP) is 2.53. The molecule has 1 unspecified atom stereocenters. The van der Waals surface area contributed by atoms with E-state index in [1.807, 2.05) is 19.2 Å². The molecule has 0 saturated carbocycles. The summed E-state index contributed by atoms with van der Waals surface area (Å²) in [6.45, 7) is 2.48. The van der Waals surface area contributed by atoms with Crippen molar-refractivity contribution in [3.05, 3.63) is 28.8 Å². The van der Waals surface area contributed by atoms with E-state index >= 15 is 0 Å². The fourth-order valence-electron chi connectivity index (χ4n) is 1.31. The first-order valence-corrected chi connectivity index (χ1v) is 7.02. The smallest absolute Gasteiger partial charge is 0.252 e. The van der Waals surface area contributed by atoms with Crippen molar-refractivity contribution in [3.8, 4) is 0 Å². The van der Waals surface area contributed by atoms with Crippen molar-refractivity contribution in [1.82, 2.24) is 5.32 Å². The van der Waals surface area contributed by atoms with Gasteiger partial charge in [0.2, 0.25) is 0 Å². The average Bonchev–Trinajstić information content (AvgIpc) is 2.29. The van der Waals surface area contributed by atoms with Crippen LogP contribution in [0.4, 0.5) is 0 Å². The molecule has 0 aliphatic carbocycles. The molecule has 1 aromatic rings.